The lowest BCUT2D eigenvalue weighted by atomic mass is 10.2. The lowest BCUT2D eigenvalue weighted by Gasteiger charge is -2.17. The van der Waals surface area contributed by atoms with Crippen molar-refractivity contribution in [1.29, 1.82) is 0 Å². The highest BCUT2D eigenvalue weighted by Gasteiger charge is 2.46. The van der Waals surface area contributed by atoms with Gasteiger partial charge >= 0.3 is 12.1 Å². The first-order valence-corrected chi connectivity index (χ1v) is 2.81. The molecule has 2 atom stereocenters. The van der Waals surface area contributed by atoms with Crippen LogP contribution in [0.3, 0.4) is 0 Å². The molecule has 72 valence electrons. The number of methoxy groups -OCH3 is 1. The van der Waals surface area contributed by atoms with Gasteiger partial charge in [-0.3, -0.25) is 0 Å². The van der Waals surface area contributed by atoms with Crippen LogP contribution in [0.2, 0.25) is 0 Å². The molecule has 0 amide bonds. The number of aliphatic hydroxyl groups excluding tert-OH is 2. The Bertz CT molecular complexity index is 167. The number of hydrogen-bond acceptors (Lipinski definition) is 4. The molecule has 0 bridgehead atoms. The minimum atomic E-state index is -5.03. The van der Waals surface area contributed by atoms with Gasteiger partial charge in [-0.2, -0.15) is 13.2 Å². The number of alkyl halides is 3. The number of esters is 1. The third-order valence-corrected chi connectivity index (χ3v) is 1.08. The largest absolute Gasteiger partial charge is 0.467 e. The summed E-state index contributed by atoms with van der Waals surface area (Å²) in [6, 6.07) is 0. The molecule has 7 heteroatoms. The van der Waals surface area contributed by atoms with E-state index in [0.29, 0.717) is 0 Å². The summed E-state index contributed by atoms with van der Waals surface area (Å²) in [5, 5.41) is 16.8. The molecule has 0 saturated carbocycles. The van der Waals surface area contributed by atoms with Crippen LogP contribution in [0.15, 0.2) is 0 Å². The second-order valence-corrected chi connectivity index (χ2v) is 1.95. The van der Waals surface area contributed by atoms with E-state index in [0.717, 1.165) is 7.11 Å². The highest BCUT2D eigenvalue weighted by Crippen LogP contribution is 2.22. The molecule has 0 heterocycles. The summed E-state index contributed by atoms with van der Waals surface area (Å²) in [4.78, 5) is 10.3. The molecule has 0 rings (SSSR count). The van der Waals surface area contributed by atoms with Crippen LogP contribution in [0.4, 0.5) is 13.2 Å². The Morgan fingerprint density at radius 2 is 1.83 bits per heavy atom. The molecule has 0 aliphatic carbocycles. The Kier molecular flexibility index (Phi) is 3.47. The summed E-state index contributed by atoms with van der Waals surface area (Å²) in [5.74, 6) is -1.53. The fourth-order valence-corrected chi connectivity index (χ4v) is 0.429. The lowest BCUT2D eigenvalue weighted by Crippen LogP contribution is -2.44. The van der Waals surface area contributed by atoms with E-state index >= 15 is 0 Å². The molecule has 0 aliphatic heterocycles. The van der Waals surface area contributed by atoms with Gasteiger partial charge in [-0.1, -0.05) is 0 Å². The molecule has 0 aromatic heterocycles. The molecular formula is C5H7F3O4. The number of rotatable bonds is 2. The lowest BCUT2D eigenvalue weighted by molar-refractivity contribution is -0.233. The third-order valence-electron chi connectivity index (χ3n) is 1.08. The van der Waals surface area contributed by atoms with Gasteiger partial charge in [-0.25, -0.2) is 4.79 Å². The van der Waals surface area contributed by atoms with Crippen molar-refractivity contribution < 1.29 is 32.9 Å². The zero-order valence-electron chi connectivity index (χ0n) is 6.00. The van der Waals surface area contributed by atoms with E-state index in [2.05, 4.69) is 4.74 Å². The molecule has 4 nitrogen and oxygen atoms in total. The standard InChI is InChI=1S/C5H7F3O4/c1-12-4(11)2(9)3(10)5(6,7)8/h2-3,9-10H,1H3/t2-,3-/m1/s1. The minimum Gasteiger partial charge on any atom is -0.467 e. The van der Waals surface area contributed by atoms with Crippen molar-refractivity contribution >= 4 is 5.97 Å². The second kappa shape index (κ2) is 3.72. The van der Waals surface area contributed by atoms with Gasteiger partial charge in [0.1, 0.15) is 0 Å². The molecule has 0 radical (unpaired) electrons. The van der Waals surface area contributed by atoms with Gasteiger partial charge in [0.05, 0.1) is 7.11 Å². The highest BCUT2D eigenvalue weighted by atomic mass is 19.4. The quantitative estimate of drug-likeness (QED) is 0.570. The van der Waals surface area contributed by atoms with Crippen molar-refractivity contribution in [2.24, 2.45) is 0 Å². The van der Waals surface area contributed by atoms with Crippen LogP contribution < -0.4 is 0 Å². The smallest absolute Gasteiger partial charge is 0.417 e. The Balaban J connectivity index is 4.29. The zero-order valence-corrected chi connectivity index (χ0v) is 6.00. The highest BCUT2D eigenvalue weighted by molar-refractivity contribution is 5.75. The Hall–Kier alpha value is -0.820. The van der Waals surface area contributed by atoms with Crippen LogP contribution in [-0.2, 0) is 9.53 Å². The van der Waals surface area contributed by atoms with E-state index in [4.69, 9.17) is 10.2 Å². The number of carbonyl (C=O) groups is 1. The predicted molar refractivity (Wildman–Crippen MR) is 30.1 cm³/mol. The van der Waals surface area contributed by atoms with Gasteiger partial charge in [0.25, 0.3) is 0 Å². The number of ether oxygens (including phenoxy) is 1. The first-order valence-electron chi connectivity index (χ1n) is 2.81. The number of carbonyl (C=O) groups excluding carboxylic acids is 1. The van der Waals surface area contributed by atoms with E-state index in [1.54, 1.807) is 0 Å². The van der Waals surface area contributed by atoms with Crippen molar-refractivity contribution in [3.63, 3.8) is 0 Å². The molecule has 0 aromatic carbocycles. The Labute approximate surface area is 65.6 Å². The van der Waals surface area contributed by atoms with Crippen molar-refractivity contribution in [3.05, 3.63) is 0 Å². The van der Waals surface area contributed by atoms with Gasteiger partial charge in [0.15, 0.2) is 12.2 Å². The predicted octanol–water partition coefficient (Wildman–Crippen LogP) is -0.557. The monoisotopic (exact) mass is 188 g/mol. The van der Waals surface area contributed by atoms with E-state index in [1.165, 1.54) is 0 Å². The fraction of sp³-hybridized carbons (Fsp3) is 0.800. The number of aliphatic hydroxyl groups is 2. The number of halogens is 3. The first-order chi connectivity index (χ1) is 5.30. The van der Waals surface area contributed by atoms with Gasteiger partial charge in [0.2, 0.25) is 0 Å². The summed E-state index contributed by atoms with van der Waals surface area (Å²) < 4.78 is 38.5. The molecule has 0 saturated heterocycles. The molecule has 2 N–H and O–H groups in total. The average Bonchev–Trinajstić information content (AvgIpc) is 1.98. The molecule has 0 fully saturated rings. The van der Waals surface area contributed by atoms with Crippen LogP contribution >= 0.6 is 0 Å². The molecule has 0 unspecified atom stereocenters. The Morgan fingerprint density at radius 3 is 2.08 bits per heavy atom. The summed E-state index contributed by atoms with van der Waals surface area (Å²) in [6.45, 7) is 0. The molecule has 0 spiro atoms. The maximum absolute atomic E-state index is 11.6. The van der Waals surface area contributed by atoms with Crippen LogP contribution in [0, 0.1) is 0 Å². The van der Waals surface area contributed by atoms with Gasteiger partial charge in [-0.05, 0) is 0 Å². The topological polar surface area (TPSA) is 66.8 Å². The van der Waals surface area contributed by atoms with E-state index in [-0.39, 0.29) is 0 Å². The summed E-state index contributed by atoms with van der Waals surface area (Å²) >= 11 is 0. The first kappa shape index (κ1) is 11.2. The summed E-state index contributed by atoms with van der Waals surface area (Å²) in [6.07, 6.45) is -10.7. The molecular weight excluding hydrogens is 181 g/mol. The van der Waals surface area contributed by atoms with Crippen LogP contribution in [-0.4, -0.2) is 41.7 Å². The third kappa shape index (κ3) is 2.67. The van der Waals surface area contributed by atoms with Crippen molar-refractivity contribution in [2.45, 2.75) is 18.4 Å². The average molecular weight is 188 g/mol. The zero-order chi connectivity index (χ0) is 9.94. The van der Waals surface area contributed by atoms with Gasteiger partial charge < -0.3 is 14.9 Å². The van der Waals surface area contributed by atoms with E-state index < -0.39 is 24.4 Å². The van der Waals surface area contributed by atoms with E-state index in [9.17, 15) is 18.0 Å². The number of hydrogen-bond donors (Lipinski definition) is 2. The minimum absolute atomic E-state index is 0.800. The summed E-state index contributed by atoms with van der Waals surface area (Å²) in [7, 11) is 0.800. The molecule has 0 aromatic rings. The normalized spacial score (nSPS) is 16.8. The van der Waals surface area contributed by atoms with Crippen LogP contribution in [0.25, 0.3) is 0 Å². The van der Waals surface area contributed by atoms with E-state index in [1.807, 2.05) is 0 Å². The van der Waals surface area contributed by atoms with Gasteiger partial charge in [0, 0.05) is 0 Å². The molecule has 12 heavy (non-hydrogen) atoms. The van der Waals surface area contributed by atoms with Crippen molar-refractivity contribution in [2.75, 3.05) is 7.11 Å². The van der Waals surface area contributed by atoms with Crippen molar-refractivity contribution in [3.8, 4) is 0 Å². The SMILES string of the molecule is COC(=O)[C@H](O)[C@@H](O)C(F)(F)F. The molecule has 0 aliphatic rings. The maximum Gasteiger partial charge on any atom is 0.417 e. The Morgan fingerprint density at radius 1 is 1.42 bits per heavy atom. The maximum atomic E-state index is 11.6. The summed E-state index contributed by atoms with van der Waals surface area (Å²) in [5.41, 5.74) is 0. The van der Waals surface area contributed by atoms with Gasteiger partial charge in [-0.15, -0.1) is 0 Å². The van der Waals surface area contributed by atoms with Crippen molar-refractivity contribution in [1.82, 2.24) is 0 Å². The fourth-order valence-electron chi connectivity index (χ4n) is 0.429. The van der Waals surface area contributed by atoms with Crippen LogP contribution in [0.1, 0.15) is 0 Å². The second-order valence-electron chi connectivity index (χ2n) is 1.95. The van der Waals surface area contributed by atoms with Crippen LogP contribution in [0.5, 0.6) is 0 Å².